The predicted octanol–water partition coefficient (Wildman–Crippen LogP) is 3.96. The summed E-state index contributed by atoms with van der Waals surface area (Å²) in [6, 6.07) is 14.7. The Labute approximate surface area is 132 Å². The van der Waals surface area contributed by atoms with E-state index < -0.39 is 0 Å². The van der Waals surface area contributed by atoms with Crippen LogP contribution in [0.2, 0.25) is 0 Å². The monoisotopic (exact) mass is 305 g/mol. The van der Waals surface area contributed by atoms with Gasteiger partial charge in [-0.05, 0) is 42.5 Å². The van der Waals surface area contributed by atoms with Crippen molar-refractivity contribution in [2.24, 2.45) is 7.05 Å². The second-order valence-electron chi connectivity index (χ2n) is 5.51. The van der Waals surface area contributed by atoms with Crippen LogP contribution in [0, 0.1) is 0 Å². The van der Waals surface area contributed by atoms with Crippen LogP contribution in [-0.2, 0) is 7.05 Å². The molecular formula is C19H15NO3. The molecule has 0 aliphatic carbocycles. The van der Waals surface area contributed by atoms with Crippen molar-refractivity contribution >= 4 is 21.9 Å². The molecular weight excluding hydrogens is 290 g/mol. The molecule has 2 heterocycles. The number of aromatic nitrogens is 1. The van der Waals surface area contributed by atoms with Crippen LogP contribution in [0.5, 0.6) is 5.75 Å². The van der Waals surface area contributed by atoms with E-state index in [1.54, 1.807) is 13.2 Å². The van der Waals surface area contributed by atoms with Crippen LogP contribution in [0.1, 0.15) is 0 Å². The van der Waals surface area contributed by atoms with Crippen molar-refractivity contribution in [1.82, 2.24) is 4.57 Å². The van der Waals surface area contributed by atoms with Crippen LogP contribution in [0.15, 0.2) is 63.9 Å². The highest BCUT2D eigenvalue weighted by atomic mass is 16.5. The molecule has 2 aromatic carbocycles. The van der Waals surface area contributed by atoms with E-state index in [1.165, 1.54) is 0 Å². The van der Waals surface area contributed by atoms with Gasteiger partial charge in [-0.1, -0.05) is 0 Å². The van der Waals surface area contributed by atoms with E-state index in [1.807, 2.05) is 60.3 Å². The number of hydrogen-bond donors (Lipinski definition) is 0. The fourth-order valence-electron chi connectivity index (χ4n) is 2.86. The van der Waals surface area contributed by atoms with Crippen LogP contribution in [0.25, 0.3) is 33.2 Å². The topological polar surface area (TPSA) is 44.4 Å². The summed E-state index contributed by atoms with van der Waals surface area (Å²) in [5.74, 6) is 1.32. The smallest absolute Gasteiger partial charge is 0.193 e. The minimum Gasteiger partial charge on any atom is -0.497 e. The van der Waals surface area contributed by atoms with E-state index in [0.29, 0.717) is 16.7 Å². The largest absolute Gasteiger partial charge is 0.497 e. The lowest BCUT2D eigenvalue weighted by molar-refractivity contribution is 0.415. The van der Waals surface area contributed by atoms with Crippen molar-refractivity contribution in [1.29, 1.82) is 0 Å². The third-order valence-electron chi connectivity index (χ3n) is 4.13. The van der Waals surface area contributed by atoms with Crippen molar-refractivity contribution < 1.29 is 9.15 Å². The Hall–Kier alpha value is -3.01. The van der Waals surface area contributed by atoms with Crippen LogP contribution in [-0.4, -0.2) is 11.7 Å². The number of nitrogens with zero attached hydrogens (tertiary/aromatic N) is 1. The van der Waals surface area contributed by atoms with Gasteiger partial charge in [0.2, 0.25) is 0 Å². The van der Waals surface area contributed by atoms with Gasteiger partial charge in [0.15, 0.2) is 5.43 Å². The molecule has 0 atom stereocenters. The van der Waals surface area contributed by atoms with Crippen molar-refractivity contribution in [3.8, 4) is 17.1 Å². The number of rotatable bonds is 2. The molecule has 23 heavy (non-hydrogen) atoms. The fourth-order valence-corrected chi connectivity index (χ4v) is 2.86. The molecule has 0 aliphatic rings. The Morgan fingerprint density at radius 2 is 1.78 bits per heavy atom. The first kappa shape index (κ1) is 13.6. The van der Waals surface area contributed by atoms with E-state index >= 15 is 0 Å². The summed E-state index contributed by atoms with van der Waals surface area (Å²) in [5, 5.41) is 1.54. The fraction of sp³-hybridized carbons (Fsp3) is 0.105. The number of methoxy groups -OCH3 is 1. The zero-order valence-electron chi connectivity index (χ0n) is 12.9. The summed E-state index contributed by atoms with van der Waals surface area (Å²) < 4.78 is 13.2. The van der Waals surface area contributed by atoms with Crippen LogP contribution >= 0.6 is 0 Å². The highest BCUT2D eigenvalue weighted by Gasteiger charge is 2.11. The van der Waals surface area contributed by atoms with Gasteiger partial charge >= 0.3 is 0 Å². The van der Waals surface area contributed by atoms with Gasteiger partial charge in [-0.3, -0.25) is 4.79 Å². The highest BCUT2D eigenvalue weighted by Crippen LogP contribution is 2.29. The summed E-state index contributed by atoms with van der Waals surface area (Å²) in [6.45, 7) is 0. The first-order chi connectivity index (χ1) is 11.2. The molecule has 4 aromatic rings. The normalized spacial score (nSPS) is 11.2. The zero-order valence-corrected chi connectivity index (χ0v) is 12.9. The van der Waals surface area contributed by atoms with Gasteiger partial charge in [0.05, 0.1) is 18.0 Å². The van der Waals surface area contributed by atoms with Crippen LogP contribution in [0.3, 0.4) is 0 Å². The lowest BCUT2D eigenvalue weighted by Gasteiger charge is -2.06. The van der Waals surface area contributed by atoms with Crippen molar-refractivity contribution in [3.63, 3.8) is 0 Å². The van der Waals surface area contributed by atoms with E-state index in [9.17, 15) is 4.79 Å². The van der Waals surface area contributed by atoms with Gasteiger partial charge < -0.3 is 13.7 Å². The van der Waals surface area contributed by atoms with Crippen LogP contribution < -0.4 is 10.2 Å². The lowest BCUT2D eigenvalue weighted by atomic mass is 10.1. The number of aryl methyl sites for hydroxylation is 1. The second kappa shape index (κ2) is 5.02. The molecule has 114 valence electrons. The van der Waals surface area contributed by atoms with E-state index in [4.69, 9.17) is 9.15 Å². The summed E-state index contributed by atoms with van der Waals surface area (Å²) in [7, 11) is 3.59. The number of hydrogen-bond acceptors (Lipinski definition) is 3. The zero-order chi connectivity index (χ0) is 16.0. The Morgan fingerprint density at radius 1 is 1.00 bits per heavy atom. The molecule has 4 heteroatoms. The molecule has 0 N–H and O–H groups in total. The Bertz CT molecular complexity index is 1070. The molecule has 0 radical (unpaired) electrons. The van der Waals surface area contributed by atoms with E-state index in [0.717, 1.165) is 22.2 Å². The molecule has 0 saturated heterocycles. The molecule has 0 saturated carbocycles. The minimum absolute atomic E-state index is 0.0391. The van der Waals surface area contributed by atoms with Gasteiger partial charge in [-0.15, -0.1) is 0 Å². The molecule has 2 aromatic heterocycles. The SMILES string of the molecule is COc1ccc(-c2cc(=O)c3ccc4c(ccn4C)c3o2)cc1. The van der Waals surface area contributed by atoms with Crippen LogP contribution in [0.4, 0.5) is 0 Å². The Morgan fingerprint density at radius 3 is 2.52 bits per heavy atom. The average Bonchev–Trinajstić information content (AvgIpc) is 2.96. The molecule has 0 amide bonds. The summed E-state index contributed by atoms with van der Waals surface area (Å²) in [6.07, 6.45) is 1.96. The first-order valence-corrected chi connectivity index (χ1v) is 7.34. The quantitative estimate of drug-likeness (QED) is 0.563. The minimum atomic E-state index is -0.0391. The molecule has 0 bridgehead atoms. The molecule has 4 nitrogen and oxygen atoms in total. The van der Waals surface area contributed by atoms with Crippen molar-refractivity contribution in [2.75, 3.05) is 7.11 Å². The average molecular weight is 305 g/mol. The maximum atomic E-state index is 12.5. The summed E-state index contributed by atoms with van der Waals surface area (Å²) >= 11 is 0. The van der Waals surface area contributed by atoms with Crippen molar-refractivity contribution in [3.05, 3.63) is 65.0 Å². The molecule has 0 unspecified atom stereocenters. The Balaban J connectivity index is 2.00. The molecule has 0 spiro atoms. The molecule has 0 fully saturated rings. The number of benzene rings is 2. The van der Waals surface area contributed by atoms with Gasteiger partial charge in [-0.2, -0.15) is 0 Å². The first-order valence-electron chi connectivity index (χ1n) is 7.34. The van der Waals surface area contributed by atoms with Gasteiger partial charge in [0.1, 0.15) is 17.1 Å². The number of fused-ring (bicyclic) bond motifs is 3. The van der Waals surface area contributed by atoms with E-state index in [-0.39, 0.29) is 5.43 Å². The predicted molar refractivity (Wildman–Crippen MR) is 90.9 cm³/mol. The van der Waals surface area contributed by atoms with Crippen molar-refractivity contribution in [2.45, 2.75) is 0 Å². The maximum Gasteiger partial charge on any atom is 0.193 e. The Kier molecular flexibility index (Phi) is 2.98. The summed E-state index contributed by atoms with van der Waals surface area (Å²) in [4.78, 5) is 12.5. The van der Waals surface area contributed by atoms with Gasteiger partial charge in [-0.25, -0.2) is 0 Å². The standard InChI is InChI=1S/C19H15NO3/c1-20-10-9-14-16(20)8-7-15-17(21)11-18(23-19(14)15)12-3-5-13(22-2)6-4-12/h3-11H,1-2H3. The highest BCUT2D eigenvalue weighted by molar-refractivity contribution is 6.03. The molecule has 4 rings (SSSR count). The second-order valence-corrected chi connectivity index (χ2v) is 5.51. The number of ether oxygens (including phenoxy) is 1. The molecule has 0 aliphatic heterocycles. The third kappa shape index (κ3) is 2.11. The third-order valence-corrected chi connectivity index (χ3v) is 4.13. The van der Waals surface area contributed by atoms with Gasteiger partial charge in [0.25, 0.3) is 0 Å². The maximum absolute atomic E-state index is 12.5. The van der Waals surface area contributed by atoms with Gasteiger partial charge in [0, 0.05) is 30.3 Å². The lowest BCUT2D eigenvalue weighted by Crippen LogP contribution is -2.00. The summed E-state index contributed by atoms with van der Waals surface area (Å²) in [5.41, 5.74) is 2.47. The van der Waals surface area contributed by atoms with E-state index in [2.05, 4.69) is 0 Å².